The number of aromatic carboxylic acids is 1. The number of para-hydroxylation sites is 1. The third kappa shape index (κ3) is 3.34. The molecular weight excluding hydrogens is 294 g/mol. The van der Waals surface area contributed by atoms with Gasteiger partial charge in [-0.25, -0.2) is 4.79 Å². The second kappa shape index (κ2) is 6.52. The third-order valence-corrected chi connectivity index (χ3v) is 3.93. The molecule has 0 bridgehead atoms. The van der Waals surface area contributed by atoms with Crippen LogP contribution in [0.15, 0.2) is 48.5 Å². The summed E-state index contributed by atoms with van der Waals surface area (Å²) >= 11 is 0. The van der Waals surface area contributed by atoms with Crippen molar-refractivity contribution < 1.29 is 19.4 Å². The molecule has 1 atom stereocenters. The van der Waals surface area contributed by atoms with Crippen LogP contribution in [0.1, 0.15) is 27.4 Å². The quantitative estimate of drug-likeness (QED) is 0.888. The lowest BCUT2D eigenvalue weighted by Gasteiger charge is -2.10. The number of carbonyl (C=O) groups excluding carboxylic acids is 1. The fourth-order valence-electron chi connectivity index (χ4n) is 2.65. The van der Waals surface area contributed by atoms with Crippen molar-refractivity contribution >= 4 is 11.9 Å². The summed E-state index contributed by atoms with van der Waals surface area (Å²) in [5.74, 6) is -0.473. The Balaban J connectivity index is 1.53. The van der Waals surface area contributed by atoms with Crippen LogP contribution in [0.5, 0.6) is 5.75 Å². The summed E-state index contributed by atoms with van der Waals surface area (Å²) in [6.45, 7) is 0.877. The highest BCUT2D eigenvalue weighted by Gasteiger charge is 2.29. The van der Waals surface area contributed by atoms with Crippen LogP contribution in [0, 0.1) is 0 Å². The van der Waals surface area contributed by atoms with Crippen molar-refractivity contribution in [3.05, 3.63) is 65.2 Å². The van der Waals surface area contributed by atoms with Gasteiger partial charge < -0.3 is 15.2 Å². The smallest absolute Gasteiger partial charge is 0.335 e. The molecule has 2 aromatic carbocycles. The summed E-state index contributed by atoms with van der Waals surface area (Å²) < 4.78 is 5.52. The van der Waals surface area contributed by atoms with Crippen molar-refractivity contribution in [1.82, 2.24) is 5.32 Å². The van der Waals surface area contributed by atoms with Crippen LogP contribution < -0.4 is 10.1 Å². The van der Waals surface area contributed by atoms with E-state index in [2.05, 4.69) is 5.32 Å². The summed E-state index contributed by atoms with van der Waals surface area (Å²) in [4.78, 5) is 23.1. The Morgan fingerprint density at radius 3 is 2.61 bits per heavy atom. The number of ether oxygens (including phenoxy) is 1. The lowest BCUT2D eigenvalue weighted by molar-refractivity contribution is -0.122. The third-order valence-electron chi connectivity index (χ3n) is 3.93. The van der Waals surface area contributed by atoms with E-state index in [0.717, 1.165) is 16.9 Å². The molecule has 0 aliphatic carbocycles. The highest BCUT2D eigenvalue weighted by atomic mass is 16.5. The molecule has 3 rings (SSSR count). The normalized spacial score (nSPS) is 15.6. The molecular formula is C18H17NO4. The van der Waals surface area contributed by atoms with Crippen LogP contribution in [0.2, 0.25) is 0 Å². The minimum absolute atomic E-state index is 0.0443. The molecule has 0 saturated heterocycles. The van der Waals surface area contributed by atoms with Gasteiger partial charge in [-0.3, -0.25) is 4.79 Å². The zero-order valence-corrected chi connectivity index (χ0v) is 12.5. The van der Waals surface area contributed by atoms with Gasteiger partial charge >= 0.3 is 5.97 Å². The number of hydrogen-bond donors (Lipinski definition) is 2. The highest BCUT2D eigenvalue weighted by Crippen LogP contribution is 2.33. The topological polar surface area (TPSA) is 75.6 Å². The first-order valence-corrected chi connectivity index (χ1v) is 7.47. The molecule has 0 fully saturated rings. The highest BCUT2D eigenvalue weighted by molar-refractivity contribution is 5.87. The predicted molar refractivity (Wildman–Crippen MR) is 84.8 cm³/mol. The molecule has 1 aliphatic rings. The predicted octanol–water partition coefficient (Wildman–Crippen LogP) is 2.22. The van der Waals surface area contributed by atoms with Gasteiger partial charge in [0.1, 0.15) is 18.3 Å². The maximum atomic E-state index is 12.3. The van der Waals surface area contributed by atoms with E-state index in [1.807, 2.05) is 24.3 Å². The van der Waals surface area contributed by atoms with Crippen LogP contribution >= 0.6 is 0 Å². The number of carbonyl (C=O) groups is 2. The Bertz CT molecular complexity index is 724. The van der Waals surface area contributed by atoms with Crippen LogP contribution in [-0.4, -0.2) is 30.1 Å². The molecule has 23 heavy (non-hydrogen) atoms. The van der Waals surface area contributed by atoms with Gasteiger partial charge in [-0.15, -0.1) is 0 Å². The van der Waals surface area contributed by atoms with Gasteiger partial charge in [0.15, 0.2) is 0 Å². The van der Waals surface area contributed by atoms with E-state index in [1.165, 1.54) is 0 Å². The van der Waals surface area contributed by atoms with Crippen molar-refractivity contribution in [2.24, 2.45) is 0 Å². The Morgan fingerprint density at radius 1 is 1.13 bits per heavy atom. The summed E-state index contributed by atoms with van der Waals surface area (Å²) in [6.07, 6.45) is 0.654. The molecule has 1 aliphatic heterocycles. The summed E-state index contributed by atoms with van der Waals surface area (Å²) in [7, 11) is 0. The van der Waals surface area contributed by atoms with Gasteiger partial charge in [0.2, 0.25) is 5.91 Å². The molecule has 0 aromatic heterocycles. The van der Waals surface area contributed by atoms with E-state index in [1.54, 1.807) is 24.3 Å². The molecule has 1 heterocycles. The largest absolute Gasteiger partial charge is 0.492 e. The fraction of sp³-hybridized carbons (Fsp3) is 0.222. The fourth-order valence-corrected chi connectivity index (χ4v) is 2.65. The zero-order chi connectivity index (χ0) is 16.2. The van der Waals surface area contributed by atoms with Crippen molar-refractivity contribution in [1.29, 1.82) is 0 Å². The van der Waals surface area contributed by atoms with Crippen LogP contribution in [0.4, 0.5) is 0 Å². The number of fused-ring (bicyclic) bond motifs is 1. The number of benzene rings is 2. The molecule has 0 radical (unpaired) electrons. The SMILES string of the molecule is O=C(O)c1ccc(CCNC(=O)[C@H]2COc3ccccc32)cc1. The monoisotopic (exact) mass is 311 g/mol. The van der Waals surface area contributed by atoms with Crippen molar-refractivity contribution in [3.63, 3.8) is 0 Å². The lowest BCUT2D eigenvalue weighted by atomic mass is 10.0. The van der Waals surface area contributed by atoms with E-state index in [0.29, 0.717) is 19.6 Å². The van der Waals surface area contributed by atoms with Crippen molar-refractivity contribution in [3.8, 4) is 5.75 Å². The molecule has 1 amide bonds. The van der Waals surface area contributed by atoms with Gasteiger partial charge in [-0.2, -0.15) is 0 Å². The van der Waals surface area contributed by atoms with Gasteiger partial charge in [-0.05, 0) is 30.2 Å². The second-order valence-corrected chi connectivity index (χ2v) is 5.44. The van der Waals surface area contributed by atoms with Gasteiger partial charge in [0, 0.05) is 12.1 Å². The standard InChI is InChI=1S/C18H17NO4/c20-17(15-11-23-16-4-2-1-3-14(15)16)19-10-9-12-5-7-13(8-6-12)18(21)22/h1-8,15H,9-11H2,(H,19,20)(H,21,22)/t15-/m0/s1. The van der Waals surface area contributed by atoms with E-state index in [4.69, 9.17) is 9.84 Å². The Hall–Kier alpha value is -2.82. The van der Waals surface area contributed by atoms with E-state index in [-0.39, 0.29) is 17.4 Å². The first-order chi connectivity index (χ1) is 11.1. The van der Waals surface area contributed by atoms with Crippen molar-refractivity contribution in [2.75, 3.05) is 13.2 Å². The molecule has 5 heteroatoms. The average Bonchev–Trinajstić information content (AvgIpc) is 2.99. The average molecular weight is 311 g/mol. The number of amides is 1. The number of carboxylic acid groups (broad SMARTS) is 1. The second-order valence-electron chi connectivity index (χ2n) is 5.44. The molecule has 2 N–H and O–H groups in total. The minimum Gasteiger partial charge on any atom is -0.492 e. The van der Waals surface area contributed by atoms with E-state index < -0.39 is 5.97 Å². The molecule has 0 unspecified atom stereocenters. The summed E-state index contributed by atoms with van der Waals surface area (Å²) in [6, 6.07) is 14.2. The number of hydrogen-bond acceptors (Lipinski definition) is 3. The summed E-state index contributed by atoms with van der Waals surface area (Å²) in [5.41, 5.74) is 2.17. The Morgan fingerprint density at radius 2 is 1.87 bits per heavy atom. The molecule has 0 spiro atoms. The number of carboxylic acids is 1. The van der Waals surface area contributed by atoms with E-state index in [9.17, 15) is 9.59 Å². The maximum Gasteiger partial charge on any atom is 0.335 e. The Kier molecular flexibility index (Phi) is 4.28. The van der Waals surface area contributed by atoms with Gasteiger partial charge in [0.25, 0.3) is 0 Å². The lowest BCUT2D eigenvalue weighted by Crippen LogP contribution is -2.31. The molecule has 0 saturated carbocycles. The van der Waals surface area contributed by atoms with Crippen molar-refractivity contribution in [2.45, 2.75) is 12.3 Å². The van der Waals surface area contributed by atoms with E-state index >= 15 is 0 Å². The number of nitrogens with one attached hydrogen (secondary N) is 1. The first kappa shape index (κ1) is 15.1. The van der Waals surface area contributed by atoms with Gasteiger partial charge in [-0.1, -0.05) is 30.3 Å². The minimum atomic E-state index is -0.940. The molecule has 118 valence electrons. The van der Waals surface area contributed by atoms with Crippen LogP contribution in [0.3, 0.4) is 0 Å². The van der Waals surface area contributed by atoms with Crippen LogP contribution in [0.25, 0.3) is 0 Å². The number of rotatable bonds is 5. The maximum absolute atomic E-state index is 12.3. The first-order valence-electron chi connectivity index (χ1n) is 7.47. The summed E-state index contributed by atoms with van der Waals surface area (Å²) in [5, 5.41) is 11.8. The molecule has 2 aromatic rings. The zero-order valence-electron chi connectivity index (χ0n) is 12.5. The Labute approximate surface area is 133 Å². The van der Waals surface area contributed by atoms with Gasteiger partial charge in [0.05, 0.1) is 5.56 Å². The van der Waals surface area contributed by atoms with Crippen LogP contribution in [-0.2, 0) is 11.2 Å². The molecule has 5 nitrogen and oxygen atoms in total.